The van der Waals surface area contributed by atoms with Gasteiger partial charge in [0, 0.05) is 0 Å². The number of nitrogens with zero attached hydrogens (tertiary/aromatic N) is 1. The maximum atomic E-state index is 12.7. The summed E-state index contributed by atoms with van der Waals surface area (Å²) in [6.07, 6.45) is 6.60. The number of anilines is 1. The van der Waals surface area contributed by atoms with Crippen molar-refractivity contribution in [1.29, 1.82) is 5.26 Å². The van der Waals surface area contributed by atoms with E-state index in [4.69, 9.17) is 10.00 Å². The molecule has 4 aliphatic rings. The molecule has 5 nitrogen and oxygen atoms in total. The highest BCUT2D eigenvalue weighted by Crippen LogP contribution is 2.60. The van der Waals surface area contributed by atoms with Crippen LogP contribution in [0.25, 0.3) is 0 Å². The summed E-state index contributed by atoms with van der Waals surface area (Å²) < 4.78 is 5.38. The lowest BCUT2D eigenvalue weighted by molar-refractivity contribution is -0.172. The van der Waals surface area contributed by atoms with Gasteiger partial charge in [0.05, 0.1) is 11.0 Å². The number of amides is 1. The number of nitrogens with one attached hydrogen (secondary N) is 1. The molecule has 4 aliphatic carbocycles. The number of hydrogen-bond donors (Lipinski definition) is 1. The van der Waals surface area contributed by atoms with Crippen LogP contribution < -0.4 is 5.32 Å². The Bertz CT molecular complexity index is 683. The lowest BCUT2D eigenvalue weighted by atomic mass is 9.49. The van der Waals surface area contributed by atoms with E-state index >= 15 is 0 Å². The van der Waals surface area contributed by atoms with E-state index in [1.165, 1.54) is 30.6 Å². The first kappa shape index (κ1) is 15.6. The van der Waals surface area contributed by atoms with Gasteiger partial charge in [0.15, 0.2) is 6.61 Å². The lowest BCUT2D eigenvalue weighted by Gasteiger charge is -2.55. The van der Waals surface area contributed by atoms with Crippen molar-refractivity contribution in [2.45, 2.75) is 38.5 Å². The van der Waals surface area contributed by atoms with Gasteiger partial charge in [-0.05, 0) is 67.7 Å². The molecule has 0 radical (unpaired) electrons. The Morgan fingerprint density at radius 2 is 1.88 bits per heavy atom. The number of nitriles is 1. The summed E-state index contributed by atoms with van der Waals surface area (Å²) in [5, 5.41) is 13.9. The molecule has 4 saturated carbocycles. The second kappa shape index (κ2) is 5.89. The average molecular weight is 344 g/mol. The Hall–Kier alpha value is -1.87. The van der Waals surface area contributed by atoms with E-state index in [-0.39, 0.29) is 23.9 Å². The Balaban J connectivity index is 1.35. The molecular weight excluding hydrogens is 324 g/mol. The lowest BCUT2D eigenvalue weighted by Crippen LogP contribution is -2.50. The van der Waals surface area contributed by atoms with E-state index in [1.807, 2.05) is 6.07 Å². The summed E-state index contributed by atoms with van der Waals surface area (Å²) in [5.74, 6) is 1.43. The summed E-state index contributed by atoms with van der Waals surface area (Å²) in [5.41, 5.74) is 0.0937. The summed E-state index contributed by atoms with van der Waals surface area (Å²) in [6, 6.07) is 3.68. The zero-order valence-electron chi connectivity index (χ0n) is 13.4. The quantitative estimate of drug-likeness (QED) is 0.850. The summed E-state index contributed by atoms with van der Waals surface area (Å²) in [6.45, 7) is -0.274. The predicted molar refractivity (Wildman–Crippen MR) is 89.2 cm³/mol. The number of hydrogen-bond acceptors (Lipinski definition) is 5. The second-order valence-corrected chi connectivity index (χ2v) is 8.51. The topological polar surface area (TPSA) is 79.2 Å². The van der Waals surface area contributed by atoms with Crippen molar-refractivity contribution in [1.82, 2.24) is 0 Å². The highest BCUT2D eigenvalue weighted by molar-refractivity contribution is 7.14. The molecule has 1 aromatic rings. The normalized spacial score (nSPS) is 33.0. The first-order valence-corrected chi connectivity index (χ1v) is 9.40. The second-order valence-electron chi connectivity index (χ2n) is 7.60. The van der Waals surface area contributed by atoms with Crippen LogP contribution in [0, 0.1) is 34.5 Å². The monoisotopic (exact) mass is 344 g/mol. The van der Waals surface area contributed by atoms with Gasteiger partial charge in [-0.1, -0.05) is 0 Å². The number of rotatable bonds is 4. The zero-order chi connectivity index (χ0) is 16.7. The van der Waals surface area contributed by atoms with Crippen LogP contribution in [-0.4, -0.2) is 18.5 Å². The van der Waals surface area contributed by atoms with Gasteiger partial charge >= 0.3 is 5.97 Å². The van der Waals surface area contributed by atoms with Crippen LogP contribution in [-0.2, 0) is 14.3 Å². The van der Waals surface area contributed by atoms with Crippen molar-refractivity contribution in [3.05, 3.63) is 17.0 Å². The van der Waals surface area contributed by atoms with Crippen molar-refractivity contribution < 1.29 is 14.3 Å². The summed E-state index contributed by atoms with van der Waals surface area (Å²) in [4.78, 5) is 24.7. The fourth-order valence-corrected chi connectivity index (χ4v) is 6.06. The number of ether oxygens (including phenoxy) is 1. The molecule has 0 saturated heterocycles. The fraction of sp³-hybridized carbons (Fsp3) is 0.611. The van der Waals surface area contributed by atoms with Gasteiger partial charge in [-0.2, -0.15) is 5.26 Å². The van der Waals surface area contributed by atoms with E-state index in [2.05, 4.69) is 5.32 Å². The van der Waals surface area contributed by atoms with Crippen LogP contribution >= 0.6 is 11.3 Å². The van der Waals surface area contributed by atoms with Gasteiger partial charge in [0.25, 0.3) is 5.91 Å². The first-order chi connectivity index (χ1) is 11.6. The van der Waals surface area contributed by atoms with Crippen molar-refractivity contribution in [3.63, 3.8) is 0 Å². The summed E-state index contributed by atoms with van der Waals surface area (Å²) >= 11 is 1.29. The smallest absolute Gasteiger partial charge is 0.312 e. The highest BCUT2D eigenvalue weighted by Gasteiger charge is 2.55. The summed E-state index contributed by atoms with van der Waals surface area (Å²) in [7, 11) is 0. The number of thiophene rings is 1. The maximum Gasteiger partial charge on any atom is 0.312 e. The standard InChI is InChI=1S/C18H20N2O3S/c19-9-14-1-2-24-16(14)20-15(21)10-23-17(22)18-6-11-3-12(7-18)5-13(4-11)8-18/h1-2,11-13H,3-8,10H2,(H,20,21). The van der Waals surface area contributed by atoms with Crippen LogP contribution in [0.3, 0.4) is 0 Å². The van der Waals surface area contributed by atoms with Crippen LogP contribution in [0.1, 0.15) is 44.1 Å². The molecule has 5 rings (SSSR count). The van der Waals surface area contributed by atoms with Gasteiger partial charge in [0.2, 0.25) is 0 Å². The number of carbonyl (C=O) groups is 2. The molecular formula is C18H20N2O3S. The van der Waals surface area contributed by atoms with Crippen molar-refractivity contribution in [2.75, 3.05) is 11.9 Å². The molecule has 6 heteroatoms. The predicted octanol–water partition coefficient (Wildman–Crippen LogP) is 3.32. The molecule has 24 heavy (non-hydrogen) atoms. The maximum absolute atomic E-state index is 12.7. The largest absolute Gasteiger partial charge is 0.455 e. The third-order valence-corrected chi connectivity index (χ3v) is 6.67. The molecule has 1 heterocycles. The molecule has 4 bridgehead atoms. The van der Waals surface area contributed by atoms with Crippen LogP contribution in [0.5, 0.6) is 0 Å². The Labute approximate surface area is 145 Å². The fourth-order valence-electron chi connectivity index (χ4n) is 5.30. The Morgan fingerprint density at radius 3 is 2.46 bits per heavy atom. The first-order valence-electron chi connectivity index (χ1n) is 8.52. The van der Waals surface area contributed by atoms with Crippen LogP contribution in [0.15, 0.2) is 11.4 Å². The molecule has 0 atom stereocenters. The van der Waals surface area contributed by atoms with E-state index in [9.17, 15) is 9.59 Å². The third-order valence-electron chi connectivity index (χ3n) is 5.84. The third kappa shape index (κ3) is 2.71. The molecule has 0 spiro atoms. The van der Waals surface area contributed by atoms with Gasteiger partial charge in [-0.15, -0.1) is 11.3 Å². The van der Waals surface area contributed by atoms with E-state index in [0.29, 0.717) is 28.3 Å². The van der Waals surface area contributed by atoms with Gasteiger partial charge < -0.3 is 10.1 Å². The zero-order valence-corrected chi connectivity index (χ0v) is 14.2. The molecule has 0 aliphatic heterocycles. The van der Waals surface area contributed by atoms with E-state index in [0.717, 1.165) is 19.3 Å². The van der Waals surface area contributed by atoms with Gasteiger partial charge in [-0.3, -0.25) is 9.59 Å². The van der Waals surface area contributed by atoms with E-state index in [1.54, 1.807) is 11.4 Å². The molecule has 1 aromatic heterocycles. The van der Waals surface area contributed by atoms with Crippen LogP contribution in [0.2, 0.25) is 0 Å². The van der Waals surface area contributed by atoms with Gasteiger partial charge in [0.1, 0.15) is 11.1 Å². The molecule has 0 unspecified atom stereocenters. The van der Waals surface area contributed by atoms with Crippen molar-refractivity contribution in [3.8, 4) is 6.07 Å². The minimum absolute atomic E-state index is 0.191. The average Bonchev–Trinajstić information content (AvgIpc) is 2.98. The van der Waals surface area contributed by atoms with Crippen LogP contribution in [0.4, 0.5) is 5.00 Å². The Morgan fingerprint density at radius 1 is 1.25 bits per heavy atom. The highest BCUT2D eigenvalue weighted by atomic mass is 32.1. The molecule has 1 amide bonds. The number of carbonyl (C=O) groups excluding carboxylic acids is 2. The molecule has 4 fully saturated rings. The Kier molecular flexibility index (Phi) is 3.84. The van der Waals surface area contributed by atoms with Crippen molar-refractivity contribution >= 4 is 28.2 Å². The minimum atomic E-state index is -0.382. The van der Waals surface area contributed by atoms with Gasteiger partial charge in [-0.25, -0.2) is 0 Å². The SMILES string of the molecule is N#Cc1ccsc1NC(=O)COC(=O)C12CC3CC(CC(C3)C1)C2. The van der Waals surface area contributed by atoms with Crippen molar-refractivity contribution in [2.24, 2.45) is 23.2 Å². The number of esters is 1. The van der Waals surface area contributed by atoms with E-state index < -0.39 is 0 Å². The molecule has 126 valence electrons. The molecule has 0 aromatic carbocycles. The molecule has 1 N–H and O–H groups in total. The minimum Gasteiger partial charge on any atom is -0.455 e.